The Bertz CT molecular complexity index is 499. The zero-order valence-corrected chi connectivity index (χ0v) is 8.25. The van der Waals surface area contributed by atoms with Gasteiger partial charge in [0.25, 0.3) is 0 Å². The Labute approximate surface area is 88.5 Å². The number of anilines is 1. The third-order valence-corrected chi connectivity index (χ3v) is 2.11. The summed E-state index contributed by atoms with van der Waals surface area (Å²) >= 11 is 0. The van der Waals surface area contributed by atoms with Crippen LogP contribution in [0, 0.1) is 0 Å². The molecule has 0 spiro atoms. The van der Waals surface area contributed by atoms with Gasteiger partial charge in [0.2, 0.25) is 0 Å². The minimum absolute atomic E-state index is 0.123. The maximum absolute atomic E-state index is 12.5. The fourth-order valence-corrected chi connectivity index (χ4v) is 1.46. The van der Waals surface area contributed by atoms with Gasteiger partial charge < -0.3 is 10.2 Å². The molecule has 0 radical (unpaired) electrons. The summed E-state index contributed by atoms with van der Waals surface area (Å²) in [6, 6.07) is 3.09. The quantitative estimate of drug-likeness (QED) is 0.819. The molecule has 0 atom stereocenters. The second kappa shape index (κ2) is 3.29. The molecule has 2 aromatic rings. The summed E-state index contributed by atoms with van der Waals surface area (Å²) < 4.78 is 43.5. The lowest BCUT2D eigenvalue weighted by molar-refractivity contribution is -0.140. The summed E-state index contributed by atoms with van der Waals surface area (Å²) in [6.07, 6.45) is -3.21. The molecule has 7 heteroatoms. The molecule has 0 aliphatic heterocycles. The second-order valence-electron chi connectivity index (χ2n) is 3.21. The van der Waals surface area contributed by atoms with Crippen LogP contribution in [0.25, 0.3) is 11.5 Å². The van der Waals surface area contributed by atoms with Gasteiger partial charge in [0.15, 0.2) is 11.5 Å². The highest BCUT2D eigenvalue weighted by Gasteiger charge is 2.38. The Hall–Kier alpha value is -1.92. The van der Waals surface area contributed by atoms with Gasteiger partial charge in [-0.3, -0.25) is 4.68 Å². The van der Waals surface area contributed by atoms with Gasteiger partial charge in [-0.25, -0.2) is 0 Å². The van der Waals surface area contributed by atoms with Crippen molar-refractivity contribution in [2.75, 3.05) is 5.73 Å². The molecular weight excluding hydrogens is 223 g/mol. The molecule has 0 aromatic carbocycles. The number of rotatable bonds is 1. The standard InChI is InChI=1S/C9H8F3N3O/c1-15-7(5-3-2-4-16-5)6(13)8(14-15)9(10,11)12/h2-4H,13H2,1H3. The van der Waals surface area contributed by atoms with Crippen LogP contribution in [0.4, 0.5) is 18.9 Å². The first kappa shape index (κ1) is 10.6. The van der Waals surface area contributed by atoms with E-state index in [0.29, 0.717) is 0 Å². The smallest absolute Gasteiger partial charge is 0.437 e. The Kier molecular flexibility index (Phi) is 2.18. The lowest BCUT2D eigenvalue weighted by atomic mass is 10.2. The number of furan rings is 1. The molecule has 0 unspecified atom stereocenters. The van der Waals surface area contributed by atoms with E-state index in [-0.39, 0.29) is 11.5 Å². The van der Waals surface area contributed by atoms with E-state index in [1.807, 2.05) is 0 Å². The lowest BCUT2D eigenvalue weighted by Gasteiger charge is -2.02. The zero-order valence-electron chi connectivity index (χ0n) is 8.25. The molecule has 0 bridgehead atoms. The number of halogens is 3. The molecule has 0 saturated heterocycles. The van der Waals surface area contributed by atoms with Gasteiger partial charge in [0.05, 0.1) is 12.0 Å². The third-order valence-electron chi connectivity index (χ3n) is 2.11. The number of aromatic nitrogens is 2. The molecule has 2 aromatic heterocycles. The third kappa shape index (κ3) is 1.54. The molecular formula is C9H8F3N3O. The van der Waals surface area contributed by atoms with Crippen LogP contribution < -0.4 is 5.73 Å². The normalized spacial score (nSPS) is 12.0. The predicted molar refractivity (Wildman–Crippen MR) is 50.3 cm³/mol. The van der Waals surface area contributed by atoms with Crippen molar-refractivity contribution >= 4 is 5.69 Å². The van der Waals surface area contributed by atoms with Gasteiger partial charge >= 0.3 is 6.18 Å². The van der Waals surface area contributed by atoms with E-state index in [1.165, 1.54) is 19.4 Å². The minimum atomic E-state index is -4.56. The Morgan fingerprint density at radius 3 is 2.56 bits per heavy atom. The molecule has 16 heavy (non-hydrogen) atoms. The summed E-state index contributed by atoms with van der Waals surface area (Å²) in [5.41, 5.74) is 4.02. The molecule has 86 valence electrons. The Balaban J connectivity index is 2.61. The Morgan fingerprint density at radius 1 is 1.44 bits per heavy atom. The van der Waals surface area contributed by atoms with Crippen LogP contribution in [0.3, 0.4) is 0 Å². The fourth-order valence-electron chi connectivity index (χ4n) is 1.46. The molecule has 0 saturated carbocycles. The van der Waals surface area contributed by atoms with Crippen molar-refractivity contribution in [2.45, 2.75) is 6.18 Å². The van der Waals surface area contributed by atoms with E-state index in [0.717, 1.165) is 4.68 Å². The summed E-state index contributed by atoms with van der Waals surface area (Å²) in [5.74, 6) is 0.253. The number of nitrogen functional groups attached to an aromatic ring is 1. The monoisotopic (exact) mass is 231 g/mol. The van der Waals surface area contributed by atoms with Crippen molar-refractivity contribution in [3.05, 3.63) is 24.1 Å². The topological polar surface area (TPSA) is 57.0 Å². The van der Waals surface area contributed by atoms with Crippen LogP contribution >= 0.6 is 0 Å². The van der Waals surface area contributed by atoms with Crippen molar-refractivity contribution in [1.29, 1.82) is 0 Å². The van der Waals surface area contributed by atoms with E-state index in [9.17, 15) is 13.2 Å². The number of aryl methyl sites for hydroxylation is 1. The highest BCUT2D eigenvalue weighted by Crippen LogP contribution is 2.37. The van der Waals surface area contributed by atoms with Crippen molar-refractivity contribution in [1.82, 2.24) is 9.78 Å². The van der Waals surface area contributed by atoms with E-state index in [1.54, 1.807) is 6.07 Å². The first-order chi connectivity index (χ1) is 7.41. The maximum atomic E-state index is 12.5. The number of nitrogens with two attached hydrogens (primary N) is 1. The first-order valence-electron chi connectivity index (χ1n) is 4.35. The number of alkyl halides is 3. The number of hydrogen-bond acceptors (Lipinski definition) is 3. The van der Waals surface area contributed by atoms with Crippen LogP contribution in [0.5, 0.6) is 0 Å². The van der Waals surface area contributed by atoms with Gasteiger partial charge in [-0.2, -0.15) is 18.3 Å². The highest BCUT2D eigenvalue weighted by atomic mass is 19.4. The molecule has 2 N–H and O–H groups in total. The first-order valence-corrected chi connectivity index (χ1v) is 4.35. The largest absolute Gasteiger partial charge is 0.463 e. The van der Waals surface area contributed by atoms with Crippen LogP contribution in [0.2, 0.25) is 0 Å². The van der Waals surface area contributed by atoms with Crippen molar-refractivity contribution in [3.63, 3.8) is 0 Å². The van der Waals surface area contributed by atoms with Crippen LogP contribution in [-0.4, -0.2) is 9.78 Å². The van der Waals surface area contributed by atoms with Gasteiger partial charge in [-0.15, -0.1) is 0 Å². The average Bonchev–Trinajstić information content (AvgIpc) is 2.72. The molecule has 0 aliphatic carbocycles. The van der Waals surface area contributed by atoms with Gasteiger partial charge in [-0.05, 0) is 12.1 Å². The summed E-state index contributed by atoms with van der Waals surface area (Å²) in [4.78, 5) is 0. The SMILES string of the molecule is Cn1nc(C(F)(F)F)c(N)c1-c1ccco1. The van der Waals surface area contributed by atoms with Crippen molar-refractivity contribution < 1.29 is 17.6 Å². The summed E-state index contributed by atoms with van der Waals surface area (Å²) in [7, 11) is 1.38. The Morgan fingerprint density at radius 2 is 2.12 bits per heavy atom. The van der Waals surface area contributed by atoms with Gasteiger partial charge in [0, 0.05) is 7.05 Å². The van der Waals surface area contributed by atoms with Gasteiger partial charge in [-0.1, -0.05) is 0 Å². The predicted octanol–water partition coefficient (Wildman–Crippen LogP) is 2.28. The van der Waals surface area contributed by atoms with E-state index < -0.39 is 17.6 Å². The molecule has 0 fully saturated rings. The molecule has 2 heterocycles. The van der Waals surface area contributed by atoms with E-state index in [4.69, 9.17) is 10.2 Å². The highest BCUT2D eigenvalue weighted by molar-refractivity contribution is 5.71. The van der Waals surface area contributed by atoms with Crippen molar-refractivity contribution in [2.24, 2.45) is 7.05 Å². The minimum Gasteiger partial charge on any atom is -0.463 e. The van der Waals surface area contributed by atoms with Crippen LogP contribution in [-0.2, 0) is 13.2 Å². The lowest BCUT2D eigenvalue weighted by Crippen LogP contribution is -2.09. The maximum Gasteiger partial charge on any atom is 0.437 e. The average molecular weight is 231 g/mol. The van der Waals surface area contributed by atoms with Gasteiger partial charge in [0.1, 0.15) is 5.69 Å². The fraction of sp³-hybridized carbons (Fsp3) is 0.222. The molecule has 2 rings (SSSR count). The summed E-state index contributed by atoms with van der Waals surface area (Å²) in [6.45, 7) is 0. The van der Waals surface area contributed by atoms with E-state index >= 15 is 0 Å². The van der Waals surface area contributed by atoms with Crippen LogP contribution in [0.15, 0.2) is 22.8 Å². The number of hydrogen-bond donors (Lipinski definition) is 1. The molecule has 0 aliphatic rings. The second-order valence-corrected chi connectivity index (χ2v) is 3.21. The molecule has 0 amide bonds. The van der Waals surface area contributed by atoms with Crippen molar-refractivity contribution in [3.8, 4) is 11.5 Å². The zero-order chi connectivity index (χ0) is 11.9. The molecule has 4 nitrogen and oxygen atoms in total. The van der Waals surface area contributed by atoms with Crippen LogP contribution in [0.1, 0.15) is 5.69 Å². The van der Waals surface area contributed by atoms with E-state index in [2.05, 4.69) is 5.10 Å². The summed E-state index contributed by atoms with van der Waals surface area (Å²) in [5, 5.41) is 3.34. The number of nitrogens with zero attached hydrogens (tertiary/aromatic N) is 2.